The van der Waals surface area contributed by atoms with E-state index >= 15 is 0 Å². The van der Waals surface area contributed by atoms with E-state index in [1.807, 2.05) is 0 Å². The molecule has 0 aromatic rings. The minimum Gasteiger partial charge on any atom is -0.396 e. The fourth-order valence-electron chi connectivity index (χ4n) is 3.62. The van der Waals surface area contributed by atoms with Crippen LogP contribution in [0.1, 0.15) is 27.2 Å². The Bertz CT molecular complexity index is 631. The van der Waals surface area contributed by atoms with E-state index in [1.165, 1.54) is 18.2 Å². The van der Waals surface area contributed by atoms with Gasteiger partial charge in [-0.15, -0.1) is 0 Å². The molecule has 0 aromatic carbocycles. The number of hydrogen-bond donors (Lipinski definition) is 6. The first-order valence-corrected chi connectivity index (χ1v) is 9.19. The van der Waals surface area contributed by atoms with Crippen LogP contribution in [0, 0.1) is 5.41 Å². The number of ether oxygens (including phenoxy) is 2. The summed E-state index contributed by atoms with van der Waals surface area (Å²) < 4.78 is 10.8. The van der Waals surface area contributed by atoms with E-state index in [0.29, 0.717) is 5.57 Å². The predicted molar refractivity (Wildman–Crippen MR) is 97.0 cm³/mol. The summed E-state index contributed by atoms with van der Waals surface area (Å²) in [5.74, 6) is -0.183. The summed E-state index contributed by atoms with van der Waals surface area (Å²) in [4.78, 5) is 11.8. The third-order valence-corrected chi connectivity index (χ3v) is 5.62. The summed E-state index contributed by atoms with van der Waals surface area (Å²) in [5.41, 5.74) is -2.30. The first kappa shape index (κ1) is 23.1. The van der Waals surface area contributed by atoms with E-state index in [9.17, 15) is 35.4 Å². The first-order valence-electron chi connectivity index (χ1n) is 9.19. The van der Waals surface area contributed by atoms with E-state index in [4.69, 9.17) is 9.47 Å². The van der Waals surface area contributed by atoms with Crippen LogP contribution in [0.3, 0.4) is 0 Å². The standard InChI is InChI=1S/C19H30O9/c1-10-6-12(22)7-18(3,9-21)19(10,26)5-4-11(2)27-17-16(25)15(24)14(23)13(8-20)28-17/h4-6,11,13-17,20-21,23-26H,7-9H2,1-3H3. The van der Waals surface area contributed by atoms with Gasteiger partial charge in [-0.05, 0) is 31.6 Å². The highest BCUT2D eigenvalue weighted by atomic mass is 16.7. The lowest BCUT2D eigenvalue weighted by atomic mass is 9.64. The largest absolute Gasteiger partial charge is 0.396 e. The van der Waals surface area contributed by atoms with Crippen molar-refractivity contribution in [3.05, 3.63) is 23.8 Å². The van der Waals surface area contributed by atoms with Crippen LogP contribution < -0.4 is 0 Å². The zero-order valence-corrected chi connectivity index (χ0v) is 16.2. The maximum atomic E-state index is 11.8. The van der Waals surface area contributed by atoms with Crippen molar-refractivity contribution >= 4 is 5.78 Å². The van der Waals surface area contributed by atoms with Crippen LogP contribution in [0.15, 0.2) is 23.8 Å². The fraction of sp³-hybridized carbons (Fsp3) is 0.737. The molecule has 1 aliphatic heterocycles. The molecule has 0 spiro atoms. The summed E-state index contributed by atoms with van der Waals surface area (Å²) in [7, 11) is 0. The normalized spacial score (nSPS) is 43.2. The number of rotatable bonds is 6. The summed E-state index contributed by atoms with van der Waals surface area (Å²) in [6.07, 6.45) is -3.44. The Balaban J connectivity index is 2.15. The Hall–Kier alpha value is -1.17. The van der Waals surface area contributed by atoms with Gasteiger partial charge in [0.25, 0.3) is 0 Å². The van der Waals surface area contributed by atoms with Gasteiger partial charge in [0.1, 0.15) is 30.0 Å². The number of carbonyl (C=O) groups excluding carboxylic acids is 1. The SMILES string of the molecule is CC1=CC(=O)CC(C)(CO)C1(O)C=CC(C)OC1OC(CO)C(O)C(O)C1O. The quantitative estimate of drug-likeness (QED) is 0.288. The molecule has 6 N–H and O–H groups in total. The lowest BCUT2D eigenvalue weighted by molar-refractivity contribution is -0.306. The predicted octanol–water partition coefficient (Wildman–Crippen LogP) is -1.60. The Kier molecular flexibility index (Phi) is 7.17. The highest BCUT2D eigenvalue weighted by molar-refractivity contribution is 5.92. The first-order chi connectivity index (χ1) is 13.0. The van der Waals surface area contributed by atoms with Gasteiger partial charge >= 0.3 is 0 Å². The van der Waals surface area contributed by atoms with Crippen molar-refractivity contribution in [2.45, 2.75) is 69.6 Å². The molecule has 1 fully saturated rings. The lowest BCUT2D eigenvalue weighted by Crippen LogP contribution is -2.59. The van der Waals surface area contributed by atoms with E-state index in [0.717, 1.165) is 0 Å². The smallest absolute Gasteiger partial charge is 0.187 e. The Labute approximate surface area is 163 Å². The molecule has 9 nitrogen and oxygen atoms in total. The van der Waals surface area contributed by atoms with Crippen molar-refractivity contribution in [2.24, 2.45) is 5.41 Å². The van der Waals surface area contributed by atoms with E-state index in [2.05, 4.69) is 0 Å². The monoisotopic (exact) mass is 402 g/mol. The van der Waals surface area contributed by atoms with Crippen LogP contribution >= 0.6 is 0 Å². The van der Waals surface area contributed by atoms with Crippen molar-refractivity contribution in [1.82, 2.24) is 0 Å². The topological polar surface area (TPSA) is 157 Å². The van der Waals surface area contributed by atoms with Gasteiger partial charge in [-0.25, -0.2) is 0 Å². The van der Waals surface area contributed by atoms with Crippen molar-refractivity contribution in [3.8, 4) is 0 Å². The highest BCUT2D eigenvalue weighted by Gasteiger charge is 2.50. The second-order valence-electron chi connectivity index (χ2n) is 7.85. The average molecular weight is 402 g/mol. The van der Waals surface area contributed by atoms with Crippen LogP contribution in [0.5, 0.6) is 0 Å². The molecule has 160 valence electrons. The Morgan fingerprint density at radius 1 is 1.29 bits per heavy atom. The number of carbonyl (C=O) groups is 1. The molecular weight excluding hydrogens is 372 g/mol. The number of aliphatic hydroxyl groups is 6. The molecule has 2 aliphatic rings. The molecule has 28 heavy (non-hydrogen) atoms. The number of allylic oxidation sites excluding steroid dienone is 1. The minimum atomic E-state index is -1.58. The Morgan fingerprint density at radius 2 is 1.93 bits per heavy atom. The summed E-state index contributed by atoms with van der Waals surface area (Å²) >= 11 is 0. The third-order valence-electron chi connectivity index (χ3n) is 5.62. The van der Waals surface area contributed by atoms with E-state index < -0.39 is 61.0 Å². The molecule has 9 heteroatoms. The molecule has 1 saturated heterocycles. The van der Waals surface area contributed by atoms with Gasteiger partial charge in [0.05, 0.1) is 19.3 Å². The van der Waals surface area contributed by atoms with Gasteiger partial charge < -0.3 is 40.1 Å². The van der Waals surface area contributed by atoms with Crippen molar-refractivity contribution in [1.29, 1.82) is 0 Å². The minimum absolute atomic E-state index is 0.0242. The molecule has 0 amide bonds. The number of aliphatic hydroxyl groups excluding tert-OH is 5. The average Bonchev–Trinajstić information content (AvgIpc) is 2.65. The van der Waals surface area contributed by atoms with Crippen LogP contribution in [0.2, 0.25) is 0 Å². The number of ketones is 1. The van der Waals surface area contributed by atoms with E-state index in [1.54, 1.807) is 20.8 Å². The van der Waals surface area contributed by atoms with E-state index in [-0.39, 0.29) is 12.2 Å². The molecule has 2 rings (SSSR count). The molecule has 1 aliphatic carbocycles. The number of hydrogen-bond acceptors (Lipinski definition) is 9. The Morgan fingerprint density at radius 3 is 2.50 bits per heavy atom. The molecule has 0 bridgehead atoms. The maximum Gasteiger partial charge on any atom is 0.187 e. The lowest BCUT2D eigenvalue weighted by Gasteiger charge is -2.45. The van der Waals surface area contributed by atoms with Crippen LogP contribution in [0.25, 0.3) is 0 Å². The van der Waals surface area contributed by atoms with Gasteiger partial charge in [0, 0.05) is 11.8 Å². The van der Waals surface area contributed by atoms with Gasteiger partial charge in [0.15, 0.2) is 12.1 Å². The zero-order valence-electron chi connectivity index (χ0n) is 16.2. The second kappa shape index (κ2) is 8.68. The summed E-state index contributed by atoms with van der Waals surface area (Å²) in [5, 5.41) is 59.8. The highest BCUT2D eigenvalue weighted by Crippen LogP contribution is 2.44. The molecule has 0 radical (unpaired) electrons. The molecular formula is C19H30O9. The van der Waals surface area contributed by atoms with Gasteiger partial charge in [-0.3, -0.25) is 4.79 Å². The summed E-state index contributed by atoms with van der Waals surface area (Å²) in [6.45, 7) is 3.83. The second-order valence-corrected chi connectivity index (χ2v) is 7.85. The van der Waals surface area contributed by atoms with Gasteiger partial charge in [-0.1, -0.05) is 13.0 Å². The molecule has 0 aromatic heterocycles. The van der Waals surface area contributed by atoms with Gasteiger partial charge in [-0.2, -0.15) is 0 Å². The van der Waals surface area contributed by atoms with Crippen LogP contribution in [-0.2, 0) is 14.3 Å². The summed E-state index contributed by atoms with van der Waals surface area (Å²) in [6, 6.07) is 0. The van der Waals surface area contributed by atoms with Gasteiger partial charge in [0.2, 0.25) is 0 Å². The molecule has 8 atom stereocenters. The molecule has 0 saturated carbocycles. The fourth-order valence-corrected chi connectivity index (χ4v) is 3.62. The maximum absolute atomic E-state index is 11.8. The zero-order chi connectivity index (χ0) is 21.3. The van der Waals surface area contributed by atoms with Crippen LogP contribution in [-0.4, -0.2) is 92.0 Å². The third kappa shape index (κ3) is 4.22. The molecule has 8 unspecified atom stereocenters. The van der Waals surface area contributed by atoms with Crippen LogP contribution in [0.4, 0.5) is 0 Å². The van der Waals surface area contributed by atoms with Crippen molar-refractivity contribution < 1.29 is 44.9 Å². The molecule has 1 heterocycles. The van der Waals surface area contributed by atoms with Crippen molar-refractivity contribution in [2.75, 3.05) is 13.2 Å². The van der Waals surface area contributed by atoms with Crippen molar-refractivity contribution in [3.63, 3.8) is 0 Å².